The van der Waals surface area contributed by atoms with E-state index in [4.69, 9.17) is 20.0 Å². The van der Waals surface area contributed by atoms with Gasteiger partial charge in [-0.1, -0.05) is 0 Å². The number of hydrogen-bond donors (Lipinski definition) is 2. The Labute approximate surface area is 163 Å². The van der Waals surface area contributed by atoms with Crippen molar-refractivity contribution in [3.63, 3.8) is 0 Å². The first-order valence-electron chi connectivity index (χ1n) is 8.60. The first-order chi connectivity index (χ1) is 14.1. The fourth-order valence-electron chi connectivity index (χ4n) is 2.47. The van der Waals surface area contributed by atoms with Crippen molar-refractivity contribution < 1.29 is 18.7 Å². The molecule has 11 heteroatoms. The number of aliphatic hydroxyl groups excluding tert-OH is 1. The van der Waals surface area contributed by atoms with Crippen LogP contribution in [0.4, 0.5) is 4.39 Å². The van der Waals surface area contributed by atoms with E-state index in [1.807, 2.05) is 0 Å². The maximum absolute atomic E-state index is 14.3. The molecule has 1 atom stereocenters. The van der Waals surface area contributed by atoms with Crippen LogP contribution in [0.5, 0.6) is 11.6 Å². The zero-order chi connectivity index (χ0) is 20.2. The highest BCUT2D eigenvalue weighted by atomic mass is 19.1. The smallest absolute Gasteiger partial charge is 0.255 e. The summed E-state index contributed by atoms with van der Waals surface area (Å²) >= 11 is 0. The molecule has 0 fully saturated rings. The number of tetrazole rings is 1. The highest BCUT2D eigenvalue weighted by Crippen LogP contribution is 2.27. The summed E-state index contributed by atoms with van der Waals surface area (Å²) in [7, 11) is 0. The lowest BCUT2D eigenvalue weighted by Gasteiger charge is -2.07. The van der Waals surface area contributed by atoms with E-state index in [0.717, 1.165) is 0 Å². The Morgan fingerprint density at radius 1 is 1.21 bits per heavy atom. The minimum Gasteiger partial charge on any atom is -0.444 e. The normalized spacial score (nSPS) is 12.1. The number of ether oxygens (including phenoxy) is 1. The fourth-order valence-corrected chi connectivity index (χ4v) is 2.47. The molecule has 1 unspecified atom stereocenters. The van der Waals surface area contributed by atoms with Crippen LogP contribution in [-0.2, 0) is 6.54 Å². The minimum absolute atomic E-state index is 0.171. The lowest BCUT2D eigenvalue weighted by Crippen LogP contribution is -2.30. The summed E-state index contributed by atoms with van der Waals surface area (Å²) < 4.78 is 24.9. The second-order valence-electron chi connectivity index (χ2n) is 6.09. The van der Waals surface area contributed by atoms with Crippen molar-refractivity contribution in [1.29, 1.82) is 0 Å². The van der Waals surface area contributed by atoms with Gasteiger partial charge in [-0.2, -0.15) is 4.80 Å². The molecule has 29 heavy (non-hydrogen) atoms. The lowest BCUT2D eigenvalue weighted by atomic mass is 10.2. The quantitative estimate of drug-likeness (QED) is 0.476. The van der Waals surface area contributed by atoms with E-state index in [1.54, 1.807) is 24.3 Å². The van der Waals surface area contributed by atoms with Gasteiger partial charge in [0.15, 0.2) is 5.82 Å². The predicted molar refractivity (Wildman–Crippen MR) is 98.1 cm³/mol. The second-order valence-corrected chi connectivity index (χ2v) is 6.09. The van der Waals surface area contributed by atoms with Crippen LogP contribution in [0.3, 0.4) is 0 Å². The average Bonchev–Trinajstić information content (AvgIpc) is 3.42. The van der Waals surface area contributed by atoms with Crippen molar-refractivity contribution >= 4 is 0 Å². The van der Waals surface area contributed by atoms with Gasteiger partial charge in [0.25, 0.3) is 5.88 Å². The number of nitrogens with zero attached hydrogens (tertiary/aromatic N) is 6. The molecule has 3 aromatic heterocycles. The maximum Gasteiger partial charge on any atom is 0.255 e. The summed E-state index contributed by atoms with van der Waals surface area (Å²) in [6.45, 7) is 0.0751. The Hall–Kier alpha value is -3.70. The van der Waals surface area contributed by atoms with Gasteiger partial charge in [0.05, 0.1) is 24.9 Å². The Morgan fingerprint density at radius 3 is 2.72 bits per heavy atom. The second kappa shape index (κ2) is 8.12. The molecule has 0 saturated heterocycles. The standard InChI is InChI=1S/C18H16FN7O3/c19-15-7-12(17-21-5-6-28-17)8-22-18(15)29-14-3-1-11(2-4-14)16-23-25-26(24-16)9-13(20)10-27/h1-8,13,27H,9-10,20H2. The molecule has 0 bridgehead atoms. The molecule has 1 aromatic carbocycles. The molecule has 0 radical (unpaired) electrons. The first-order valence-corrected chi connectivity index (χ1v) is 8.60. The molecule has 0 spiro atoms. The van der Waals surface area contributed by atoms with Crippen LogP contribution in [0.1, 0.15) is 0 Å². The molecule has 3 N–H and O–H groups in total. The molecule has 0 amide bonds. The number of hydrogen-bond acceptors (Lipinski definition) is 9. The van der Waals surface area contributed by atoms with Crippen molar-refractivity contribution in [3.05, 3.63) is 54.8 Å². The summed E-state index contributed by atoms with van der Waals surface area (Å²) in [6.07, 6.45) is 4.28. The lowest BCUT2D eigenvalue weighted by molar-refractivity contribution is 0.245. The Balaban J connectivity index is 1.46. The summed E-state index contributed by atoms with van der Waals surface area (Å²) in [4.78, 5) is 9.25. The first kappa shape index (κ1) is 18.7. The molecule has 0 aliphatic rings. The van der Waals surface area contributed by atoms with Gasteiger partial charge in [0.2, 0.25) is 11.7 Å². The van der Waals surface area contributed by atoms with Crippen LogP contribution in [0.15, 0.2) is 53.4 Å². The SMILES string of the molecule is NC(CO)Cn1nnc(-c2ccc(Oc3ncc(-c4ncco4)cc3F)cc2)n1. The van der Waals surface area contributed by atoms with Gasteiger partial charge < -0.3 is 20.0 Å². The van der Waals surface area contributed by atoms with E-state index in [2.05, 4.69) is 25.4 Å². The Bertz CT molecular complexity index is 1080. The fraction of sp³-hybridized carbons (Fsp3) is 0.167. The molecule has 4 aromatic rings. The number of nitrogens with two attached hydrogens (primary N) is 1. The third-order valence-corrected chi connectivity index (χ3v) is 3.90. The van der Waals surface area contributed by atoms with Gasteiger partial charge in [-0.25, -0.2) is 14.4 Å². The van der Waals surface area contributed by atoms with E-state index >= 15 is 0 Å². The topological polar surface area (TPSA) is 138 Å². The maximum atomic E-state index is 14.3. The van der Waals surface area contributed by atoms with Crippen molar-refractivity contribution in [1.82, 2.24) is 30.2 Å². The number of rotatable bonds is 7. The molecular weight excluding hydrogens is 381 g/mol. The number of oxazole rings is 1. The van der Waals surface area contributed by atoms with Crippen LogP contribution in [0.25, 0.3) is 22.8 Å². The van der Waals surface area contributed by atoms with Crippen molar-refractivity contribution in [2.45, 2.75) is 12.6 Å². The number of aromatic nitrogens is 6. The number of halogens is 1. The van der Waals surface area contributed by atoms with Crippen LogP contribution >= 0.6 is 0 Å². The summed E-state index contributed by atoms with van der Waals surface area (Å²) in [5.41, 5.74) is 6.75. The molecule has 0 aliphatic heterocycles. The van der Waals surface area contributed by atoms with Crippen LogP contribution in [0, 0.1) is 5.82 Å². The van der Waals surface area contributed by atoms with E-state index in [-0.39, 0.29) is 24.9 Å². The zero-order valence-electron chi connectivity index (χ0n) is 15.0. The highest BCUT2D eigenvalue weighted by Gasteiger charge is 2.13. The summed E-state index contributed by atoms with van der Waals surface area (Å²) in [5, 5.41) is 21.0. The monoisotopic (exact) mass is 397 g/mol. The van der Waals surface area contributed by atoms with Crippen molar-refractivity contribution in [2.24, 2.45) is 5.73 Å². The van der Waals surface area contributed by atoms with Gasteiger partial charge in [0.1, 0.15) is 12.0 Å². The predicted octanol–water partition coefficient (Wildman–Crippen LogP) is 1.64. The van der Waals surface area contributed by atoms with Gasteiger partial charge >= 0.3 is 0 Å². The third kappa shape index (κ3) is 4.25. The minimum atomic E-state index is -0.644. The van der Waals surface area contributed by atoms with Gasteiger partial charge in [-0.05, 0) is 35.5 Å². The molecule has 10 nitrogen and oxygen atoms in total. The van der Waals surface area contributed by atoms with E-state index in [9.17, 15) is 4.39 Å². The Morgan fingerprint density at radius 2 is 2.03 bits per heavy atom. The number of pyridine rings is 1. The summed E-state index contributed by atoms with van der Waals surface area (Å²) in [6, 6.07) is 7.47. The summed E-state index contributed by atoms with van der Waals surface area (Å²) in [5.74, 6) is 0.234. The molecule has 4 rings (SSSR count). The molecule has 3 heterocycles. The molecule has 0 saturated carbocycles. The highest BCUT2D eigenvalue weighted by molar-refractivity contribution is 5.56. The van der Waals surface area contributed by atoms with Gasteiger partial charge in [-0.15, -0.1) is 10.2 Å². The van der Waals surface area contributed by atoms with Crippen LogP contribution in [0.2, 0.25) is 0 Å². The van der Waals surface area contributed by atoms with Crippen molar-refractivity contribution in [2.75, 3.05) is 6.61 Å². The van der Waals surface area contributed by atoms with Crippen LogP contribution in [-0.4, -0.2) is 47.9 Å². The molecule has 0 aliphatic carbocycles. The van der Waals surface area contributed by atoms with Gasteiger partial charge in [0, 0.05) is 17.8 Å². The van der Waals surface area contributed by atoms with E-state index in [0.29, 0.717) is 22.7 Å². The van der Waals surface area contributed by atoms with E-state index in [1.165, 1.54) is 29.5 Å². The number of benzene rings is 1. The zero-order valence-corrected chi connectivity index (χ0v) is 15.0. The number of aliphatic hydroxyl groups is 1. The van der Waals surface area contributed by atoms with E-state index < -0.39 is 11.9 Å². The molecule has 148 valence electrons. The Kier molecular flexibility index (Phi) is 5.22. The van der Waals surface area contributed by atoms with Crippen LogP contribution < -0.4 is 10.5 Å². The average molecular weight is 397 g/mol. The molecular formula is C18H16FN7O3. The third-order valence-electron chi connectivity index (χ3n) is 3.90. The largest absolute Gasteiger partial charge is 0.444 e. The van der Waals surface area contributed by atoms with Crippen molar-refractivity contribution in [3.8, 4) is 34.5 Å². The van der Waals surface area contributed by atoms with Gasteiger partial charge in [-0.3, -0.25) is 0 Å².